The molecule has 1 aliphatic rings. The number of nitrogens with one attached hydrogen (secondary N) is 1. The van der Waals surface area contributed by atoms with Gasteiger partial charge in [-0.3, -0.25) is 4.79 Å². The molecule has 2 heterocycles. The first-order valence-electron chi connectivity index (χ1n) is 10.1. The van der Waals surface area contributed by atoms with Gasteiger partial charge in [0.25, 0.3) is 0 Å². The van der Waals surface area contributed by atoms with E-state index in [0.29, 0.717) is 17.8 Å². The lowest BCUT2D eigenvalue weighted by molar-refractivity contribution is 0.0936. The molecule has 0 bridgehead atoms. The monoisotopic (exact) mass is 397 g/mol. The van der Waals surface area contributed by atoms with Crippen LogP contribution in [0.3, 0.4) is 0 Å². The van der Waals surface area contributed by atoms with Gasteiger partial charge in [0.15, 0.2) is 5.78 Å². The number of ketones is 1. The van der Waals surface area contributed by atoms with Crippen molar-refractivity contribution in [3.05, 3.63) is 95.2 Å². The molecule has 5 heteroatoms. The highest BCUT2D eigenvalue weighted by atomic mass is 16.3. The first-order chi connectivity index (χ1) is 14.6. The summed E-state index contributed by atoms with van der Waals surface area (Å²) >= 11 is 0. The Morgan fingerprint density at radius 2 is 1.77 bits per heavy atom. The number of rotatable bonds is 4. The van der Waals surface area contributed by atoms with Gasteiger partial charge >= 0.3 is 0 Å². The number of anilines is 1. The van der Waals surface area contributed by atoms with Crippen LogP contribution < -0.4 is 11.1 Å². The van der Waals surface area contributed by atoms with Crippen LogP contribution in [0.5, 0.6) is 5.75 Å². The summed E-state index contributed by atoms with van der Waals surface area (Å²) in [6.45, 7) is 1.21. The second kappa shape index (κ2) is 7.35. The summed E-state index contributed by atoms with van der Waals surface area (Å²) in [6, 6.07) is 22.3. The van der Waals surface area contributed by atoms with Crippen LogP contribution in [-0.2, 0) is 13.0 Å². The second-order valence-electron chi connectivity index (χ2n) is 7.68. The van der Waals surface area contributed by atoms with Crippen LogP contribution in [-0.4, -0.2) is 22.0 Å². The van der Waals surface area contributed by atoms with E-state index in [-0.39, 0.29) is 11.5 Å². The minimum Gasteiger partial charge on any atom is -0.508 e. The van der Waals surface area contributed by atoms with E-state index in [1.54, 1.807) is 18.2 Å². The molecule has 0 aliphatic carbocycles. The highest BCUT2D eigenvalue weighted by Crippen LogP contribution is 2.36. The van der Waals surface area contributed by atoms with Crippen LogP contribution in [0, 0.1) is 0 Å². The first kappa shape index (κ1) is 18.5. The summed E-state index contributed by atoms with van der Waals surface area (Å²) in [5, 5.41) is 14.9. The van der Waals surface area contributed by atoms with Gasteiger partial charge in [-0.05, 0) is 36.2 Å². The smallest absolute Gasteiger partial charge is 0.187 e. The maximum Gasteiger partial charge on any atom is 0.187 e. The molecular formula is C25H23N3O2. The molecule has 5 rings (SSSR count). The largest absolute Gasteiger partial charge is 0.508 e. The molecular weight excluding hydrogens is 374 g/mol. The number of benzene rings is 3. The molecule has 0 fully saturated rings. The lowest BCUT2D eigenvalue weighted by atomic mass is 9.93. The standard InChI is InChI=1S/C25H23N3O2/c26-20-10-4-2-9-19(20)25(30)23-24-18(13-14-27-23)17-8-3-5-11-21(17)28(24)15-16-7-1-6-12-22(16)29/h1-12,23,27,29H,13-15,26H2. The molecule has 1 aromatic heterocycles. The van der Waals surface area contributed by atoms with E-state index in [2.05, 4.69) is 22.0 Å². The van der Waals surface area contributed by atoms with E-state index in [0.717, 1.165) is 35.1 Å². The third kappa shape index (κ3) is 2.95. The first-order valence-corrected chi connectivity index (χ1v) is 10.1. The number of nitrogens with zero attached hydrogens (tertiary/aromatic N) is 1. The van der Waals surface area contributed by atoms with Crippen molar-refractivity contribution in [1.29, 1.82) is 0 Å². The van der Waals surface area contributed by atoms with Gasteiger partial charge in [0.2, 0.25) is 0 Å². The highest BCUT2D eigenvalue weighted by molar-refractivity contribution is 6.05. The Bertz CT molecular complexity index is 1260. The summed E-state index contributed by atoms with van der Waals surface area (Å²) in [6.07, 6.45) is 0.845. The van der Waals surface area contributed by atoms with Crippen LogP contribution in [0.15, 0.2) is 72.8 Å². The van der Waals surface area contributed by atoms with Crippen LogP contribution >= 0.6 is 0 Å². The average molecular weight is 397 g/mol. The molecule has 30 heavy (non-hydrogen) atoms. The van der Waals surface area contributed by atoms with E-state index in [1.807, 2.05) is 42.5 Å². The zero-order chi connectivity index (χ0) is 20.7. The zero-order valence-electron chi connectivity index (χ0n) is 16.5. The third-order valence-electron chi connectivity index (χ3n) is 5.93. The van der Waals surface area contributed by atoms with Gasteiger partial charge in [0.1, 0.15) is 11.8 Å². The van der Waals surface area contributed by atoms with Gasteiger partial charge < -0.3 is 20.7 Å². The number of hydrogen-bond acceptors (Lipinski definition) is 4. The number of aromatic hydroxyl groups is 1. The SMILES string of the molecule is Nc1ccccc1C(=O)C1NCCc2c1n(Cc1ccccc1O)c1ccccc21. The number of hydrogen-bond donors (Lipinski definition) is 3. The van der Waals surface area contributed by atoms with Crippen molar-refractivity contribution in [2.45, 2.75) is 19.0 Å². The number of phenols is 1. The third-order valence-corrected chi connectivity index (χ3v) is 5.93. The lowest BCUT2D eigenvalue weighted by Crippen LogP contribution is -2.37. The van der Waals surface area contributed by atoms with Gasteiger partial charge in [0, 0.05) is 40.0 Å². The normalized spacial score (nSPS) is 15.8. The molecule has 1 unspecified atom stereocenters. The molecule has 0 saturated heterocycles. The highest BCUT2D eigenvalue weighted by Gasteiger charge is 2.33. The number of phenolic OH excluding ortho intramolecular Hbond substituents is 1. The van der Waals surface area contributed by atoms with Crippen molar-refractivity contribution in [2.75, 3.05) is 12.3 Å². The number of para-hydroxylation sites is 3. The van der Waals surface area contributed by atoms with E-state index < -0.39 is 6.04 Å². The Balaban J connectivity index is 1.70. The molecule has 0 saturated carbocycles. The molecule has 0 spiro atoms. The fourth-order valence-electron chi connectivity index (χ4n) is 4.50. The Morgan fingerprint density at radius 1 is 1.03 bits per heavy atom. The van der Waals surface area contributed by atoms with Gasteiger partial charge in [-0.15, -0.1) is 0 Å². The van der Waals surface area contributed by atoms with E-state index >= 15 is 0 Å². The molecule has 4 aromatic rings. The number of nitrogen functional groups attached to an aromatic ring is 1. The number of carbonyl (C=O) groups excluding carboxylic acids is 1. The molecule has 1 atom stereocenters. The van der Waals surface area contributed by atoms with Crippen molar-refractivity contribution in [2.24, 2.45) is 0 Å². The minimum absolute atomic E-state index is 0.0320. The summed E-state index contributed by atoms with van der Waals surface area (Å²) in [7, 11) is 0. The minimum atomic E-state index is -0.489. The molecule has 3 aromatic carbocycles. The summed E-state index contributed by atoms with van der Waals surface area (Å²) in [5.41, 5.74) is 11.2. The fraction of sp³-hybridized carbons (Fsp3) is 0.160. The Kier molecular flexibility index (Phi) is 4.52. The number of Topliss-reactive ketones (excluding diaryl/α,β-unsaturated/α-hetero) is 1. The number of nitrogens with two attached hydrogens (primary N) is 1. The number of fused-ring (bicyclic) bond motifs is 3. The Hall–Kier alpha value is -3.57. The van der Waals surface area contributed by atoms with Crippen molar-refractivity contribution in [3.8, 4) is 5.75 Å². The van der Waals surface area contributed by atoms with Crippen molar-refractivity contribution >= 4 is 22.4 Å². The van der Waals surface area contributed by atoms with Crippen LogP contribution in [0.25, 0.3) is 10.9 Å². The van der Waals surface area contributed by atoms with Crippen LogP contribution in [0.4, 0.5) is 5.69 Å². The van der Waals surface area contributed by atoms with Gasteiger partial charge in [-0.2, -0.15) is 0 Å². The second-order valence-corrected chi connectivity index (χ2v) is 7.68. The number of aromatic nitrogens is 1. The number of carbonyl (C=O) groups is 1. The van der Waals surface area contributed by atoms with Crippen molar-refractivity contribution in [3.63, 3.8) is 0 Å². The molecule has 0 amide bonds. The predicted molar refractivity (Wildman–Crippen MR) is 119 cm³/mol. The average Bonchev–Trinajstić information content (AvgIpc) is 3.09. The quantitative estimate of drug-likeness (QED) is 0.359. The molecule has 5 nitrogen and oxygen atoms in total. The molecule has 0 radical (unpaired) electrons. The predicted octanol–water partition coefficient (Wildman–Crippen LogP) is 4.05. The maximum atomic E-state index is 13.5. The summed E-state index contributed by atoms with van der Waals surface area (Å²) in [5.74, 6) is 0.221. The molecule has 1 aliphatic heterocycles. The zero-order valence-corrected chi connectivity index (χ0v) is 16.5. The van der Waals surface area contributed by atoms with E-state index in [4.69, 9.17) is 5.73 Å². The van der Waals surface area contributed by atoms with Crippen LogP contribution in [0.1, 0.15) is 33.2 Å². The van der Waals surface area contributed by atoms with E-state index in [9.17, 15) is 9.90 Å². The van der Waals surface area contributed by atoms with E-state index in [1.165, 1.54) is 5.56 Å². The van der Waals surface area contributed by atoms with Gasteiger partial charge in [-0.25, -0.2) is 0 Å². The topological polar surface area (TPSA) is 80.3 Å². The Morgan fingerprint density at radius 3 is 2.60 bits per heavy atom. The summed E-state index contributed by atoms with van der Waals surface area (Å²) in [4.78, 5) is 13.5. The van der Waals surface area contributed by atoms with Crippen molar-refractivity contribution in [1.82, 2.24) is 9.88 Å². The molecule has 150 valence electrons. The van der Waals surface area contributed by atoms with Crippen LogP contribution in [0.2, 0.25) is 0 Å². The lowest BCUT2D eigenvalue weighted by Gasteiger charge is -2.26. The van der Waals surface area contributed by atoms with Crippen molar-refractivity contribution < 1.29 is 9.90 Å². The molecule has 4 N–H and O–H groups in total. The maximum absolute atomic E-state index is 13.5. The van der Waals surface area contributed by atoms with Gasteiger partial charge in [-0.1, -0.05) is 48.5 Å². The summed E-state index contributed by atoms with van der Waals surface area (Å²) < 4.78 is 2.16. The van der Waals surface area contributed by atoms with Gasteiger partial charge in [0.05, 0.1) is 6.54 Å². The fourth-order valence-corrected chi connectivity index (χ4v) is 4.50. The Labute approximate surface area is 174 Å².